The number of esters is 1. The van der Waals surface area contributed by atoms with Crippen LogP contribution in [0.2, 0.25) is 0 Å². The molecular formula is C23H16N2O3S. The number of carbonyl (C=O) groups is 2. The van der Waals surface area contributed by atoms with Crippen LogP contribution < -0.4 is 10.2 Å². The highest BCUT2D eigenvalue weighted by Gasteiger charge is 2.10. The Hall–Kier alpha value is -3.77. The summed E-state index contributed by atoms with van der Waals surface area (Å²) >= 11 is 1.33. The van der Waals surface area contributed by atoms with Gasteiger partial charge in [-0.05, 0) is 58.1 Å². The second-order valence-electron chi connectivity index (χ2n) is 6.16. The fraction of sp³-hybridized carbons (Fsp3) is 0. The molecule has 1 N–H and O–H groups in total. The van der Waals surface area contributed by atoms with Gasteiger partial charge in [0.2, 0.25) is 0 Å². The van der Waals surface area contributed by atoms with E-state index in [2.05, 4.69) is 10.5 Å². The van der Waals surface area contributed by atoms with Crippen LogP contribution in [0.3, 0.4) is 0 Å². The molecule has 0 spiro atoms. The quantitative estimate of drug-likeness (QED) is 0.225. The second-order valence-corrected chi connectivity index (χ2v) is 7.11. The maximum Gasteiger partial charge on any atom is 0.353 e. The van der Waals surface area contributed by atoms with Crippen molar-refractivity contribution in [2.45, 2.75) is 0 Å². The van der Waals surface area contributed by atoms with E-state index in [0.717, 1.165) is 16.3 Å². The summed E-state index contributed by atoms with van der Waals surface area (Å²) in [5.41, 5.74) is 3.88. The average Bonchev–Trinajstić information content (AvgIpc) is 3.30. The zero-order chi connectivity index (χ0) is 20.1. The van der Waals surface area contributed by atoms with Crippen LogP contribution in [0.4, 0.5) is 0 Å². The van der Waals surface area contributed by atoms with Crippen molar-refractivity contribution in [2.24, 2.45) is 5.10 Å². The number of amides is 1. The van der Waals surface area contributed by atoms with Crippen molar-refractivity contribution in [2.75, 3.05) is 0 Å². The van der Waals surface area contributed by atoms with Crippen molar-refractivity contribution in [3.05, 3.63) is 100 Å². The molecule has 0 bridgehead atoms. The highest BCUT2D eigenvalue weighted by atomic mass is 32.1. The van der Waals surface area contributed by atoms with Crippen molar-refractivity contribution in [3.63, 3.8) is 0 Å². The van der Waals surface area contributed by atoms with Gasteiger partial charge in [-0.3, -0.25) is 4.79 Å². The van der Waals surface area contributed by atoms with Crippen LogP contribution in [0.25, 0.3) is 10.8 Å². The number of hydrogen-bond donors (Lipinski definition) is 1. The molecule has 0 unspecified atom stereocenters. The van der Waals surface area contributed by atoms with Gasteiger partial charge in [-0.1, -0.05) is 42.5 Å². The first kappa shape index (κ1) is 18.6. The van der Waals surface area contributed by atoms with Crippen LogP contribution in [0.5, 0.6) is 5.75 Å². The Morgan fingerprint density at radius 1 is 0.897 bits per heavy atom. The van der Waals surface area contributed by atoms with Gasteiger partial charge in [-0.25, -0.2) is 10.2 Å². The molecular weight excluding hydrogens is 384 g/mol. The van der Waals surface area contributed by atoms with Crippen molar-refractivity contribution < 1.29 is 14.3 Å². The number of nitrogens with zero attached hydrogens (tertiary/aromatic N) is 1. The lowest BCUT2D eigenvalue weighted by Crippen LogP contribution is -2.17. The lowest BCUT2D eigenvalue weighted by Gasteiger charge is -2.05. The molecule has 0 saturated heterocycles. The summed E-state index contributed by atoms with van der Waals surface area (Å²) in [7, 11) is 0. The molecule has 4 rings (SSSR count). The van der Waals surface area contributed by atoms with Crippen LogP contribution >= 0.6 is 11.3 Å². The average molecular weight is 400 g/mol. The third kappa shape index (κ3) is 4.39. The van der Waals surface area contributed by atoms with Gasteiger partial charge in [-0.15, -0.1) is 11.3 Å². The molecule has 142 valence electrons. The number of benzene rings is 3. The van der Waals surface area contributed by atoms with Crippen LogP contribution in [0.1, 0.15) is 25.6 Å². The summed E-state index contributed by atoms with van der Waals surface area (Å²) in [4.78, 5) is 25.0. The minimum atomic E-state index is -0.385. The normalized spacial score (nSPS) is 10.9. The van der Waals surface area contributed by atoms with Crippen molar-refractivity contribution in [1.29, 1.82) is 0 Å². The molecule has 1 amide bonds. The maximum absolute atomic E-state index is 12.5. The largest absolute Gasteiger partial charge is 0.422 e. The summed E-state index contributed by atoms with van der Waals surface area (Å²) in [6, 6.07) is 23.7. The van der Waals surface area contributed by atoms with Crippen molar-refractivity contribution in [1.82, 2.24) is 5.43 Å². The van der Waals surface area contributed by atoms with Crippen LogP contribution in [-0.2, 0) is 0 Å². The monoisotopic (exact) mass is 400 g/mol. The summed E-state index contributed by atoms with van der Waals surface area (Å²) in [5, 5.41) is 7.72. The molecule has 5 nitrogen and oxygen atoms in total. The molecule has 0 saturated carbocycles. The molecule has 3 aromatic carbocycles. The summed E-state index contributed by atoms with van der Waals surface area (Å²) in [5.74, 6) is -0.219. The summed E-state index contributed by atoms with van der Waals surface area (Å²) in [6.07, 6.45) is 1.54. The summed E-state index contributed by atoms with van der Waals surface area (Å²) in [6.45, 7) is 0. The Labute approximate surface area is 171 Å². The molecule has 1 aromatic heterocycles. The minimum absolute atomic E-state index is 0.278. The fourth-order valence-electron chi connectivity index (χ4n) is 2.82. The van der Waals surface area contributed by atoms with Gasteiger partial charge >= 0.3 is 5.97 Å². The van der Waals surface area contributed by atoms with Crippen LogP contribution in [0.15, 0.2) is 89.3 Å². The third-order valence-corrected chi connectivity index (χ3v) is 5.08. The van der Waals surface area contributed by atoms with Gasteiger partial charge in [0, 0.05) is 5.56 Å². The van der Waals surface area contributed by atoms with Gasteiger partial charge < -0.3 is 4.74 Å². The Balaban J connectivity index is 1.39. The van der Waals surface area contributed by atoms with Crippen molar-refractivity contribution in [3.8, 4) is 5.75 Å². The van der Waals surface area contributed by atoms with E-state index in [9.17, 15) is 9.59 Å². The highest BCUT2D eigenvalue weighted by Crippen LogP contribution is 2.18. The zero-order valence-electron chi connectivity index (χ0n) is 15.2. The molecule has 4 aromatic rings. The Morgan fingerprint density at radius 2 is 1.69 bits per heavy atom. The highest BCUT2D eigenvalue weighted by molar-refractivity contribution is 7.12. The lowest BCUT2D eigenvalue weighted by atomic mass is 10.0. The van der Waals surface area contributed by atoms with E-state index in [-0.39, 0.29) is 11.9 Å². The number of hydrazone groups is 1. The molecule has 0 fully saturated rings. The van der Waals surface area contributed by atoms with E-state index in [4.69, 9.17) is 4.74 Å². The Kier molecular flexibility index (Phi) is 5.45. The summed E-state index contributed by atoms with van der Waals surface area (Å²) < 4.78 is 5.31. The number of fused-ring (bicyclic) bond motifs is 1. The molecule has 0 aliphatic heterocycles. The number of carbonyl (C=O) groups excluding carboxylic acids is 2. The topological polar surface area (TPSA) is 67.8 Å². The molecule has 0 radical (unpaired) electrons. The second kappa shape index (κ2) is 8.50. The standard InChI is InChI=1S/C23H16N2O3S/c26-22(20-8-3-6-17-5-1-2-7-19(17)20)25-24-15-16-10-12-18(13-11-16)28-23(27)21-9-4-14-29-21/h1-15H,(H,25,26). The smallest absolute Gasteiger partial charge is 0.353 e. The van der Waals surface area contributed by atoms with E-state index in [1.165, 1.54) is 17.6 Å². The van der Waals surface area contributed by atoms with E-state index < -0.39 is 0 Å². The van der Waals surface area contributed by atoms with Gasteiger partial charge in [-0.2, -0.15) is 5.10 Å². The first-order valence-electron chi connectivity index (χ1n) is 8.87. The van der Waals surface area contributed by atoms with Crippen LogP contribution in [0, 0.1) is 0 Å². The van der Waals surface area contributed by atoms with E-state index in [0.29, 0.717) is 16.2 Å². The molecule has 29 heavy (non-hydrogen) atoms. The third-order valence-electron chi connectivity index (χ3n) is 4.23. The number of thiophene rings is 1. The van der Waals surface area contributed by atoms with Crippen molar-refractivity contribution >= 4 is 40.2 Å². The molecule has 0 aliphatic carbocycles. The number of ether oxygens (including phenoxy) is 1. The molecule has 6 heteroatoms. The van der Waals surface area contributed by atoms with E-state index in [1.54, 1.807) is 42.5 Å². The zero-order valence-corrected chi connectivity index (χ0v) is 16.1. The van der Waals surface area contributed by atoms with Crippen LogP contribution in [-0.4, -0.2) is 18.1 Å². The van der Waals surface area contributed by atoms with Gasteiger partial charge in [0.05, 0.1) is 6.21 Å². The predicted molar refractivity (Wildman–Crippen MR) is 115 cm³/mol. The Morgan fingerprint density at radius 3 is 2.48 bits per heavy atom. The maximum atomic E-state index is 12.5. The van der Waals surface area contributed by atoms with E-state index in [1.807, 2.05) is 41.8 Å². The first-order chi connectivity index (χ1) is 14.2. The van der Waals surface area contributed by atoms with E-state index >= 15 is 0 Å². The van der Waals surface area contributed by atoms with Gasteiger partial charge in [0.1, 0.15) is 10.6 Å². The SMILES string of the molecule is O=C(Oc1ccc(C=NNC(=O)c2cccc3ccccc23)cc1)c1cccs1. The lowest BCUT2D eigenvalue weighted by molar-refractivity contribution is 0.0739. The predicted octanol–water partition coefficient (Wildman–Crippen LogP) is 4.88. The molecule has 0 aliphatic rings. The first-order valence-corrected chi connectivity index (χ1v) is 9.75. The molecule has 1 heterocycles. The van der Waals surface area contributed by atoms with Gasteiger partial charge in [0.25, 0.3) is 5.91 Å². The molecule has 0 atom stereocenters. The minimum Gasteiger partial charge on any atom is -0.422 e. The van der Waals surface area contributed by atoms with Gasteiger partial charge in [0.15, 0.2) is 0 Å². The number of rotatable bonds is 5. The Bertz CT molecular complexity index is 1180. The number of hydrogen-bond acceptors (Lipinski definition) is 5. The number of nitrogens with one attached hydrogen (secondary N) is 1. The fourth-order valence-corrected chi connectivity index (χ4v) is 3.42.